The Labute approximate surface area is 193 Å². The van der Waals surface area contributed by atoms with Crippen molar-refractivity contribution in [2.24, 2.45) is 23.5 Å². The first-order valence-corrected chi connectivity index (χ1v) is 10.7. The van der Waals surface area contributed by atoms with Crippen molar-refractivity contribution in [3.05, 3.63) is 23.8 Å². The second-order valence-electron chi connectivity index (χ2n) is 8.22. The summed E-state index contributed by atoms with van der Waals surface area (Å²) in [6.45, 7) is 9.86. The maximum Gasteiger partial charge on any atom is 0.508 e. The molecule has 0 radical (unpaired) electrons. The molecular formula is C23H33NO9. The maximum atomic E-state index is 12.2. The van der Waals surface area contributed by atoms with Gasteiger partial charge < -0.3 is 29.8 Å². The van der Waals surface area contributed by atoms with E-state index < -0.39 is 53.8 Å². The summed E-state index contributed by atoms with van der Waals surface area (Å²) in [7, 11) is 0. The van der Waals surface area contributed by atoms with Crippen molar-refractivity contribution in [1.82, 2.24) is 0 Å². The largest absolute Gasteiger partial charge is 0.508 e. The van der Waals surface area contributed by atoms with Crippen LogP contribution in [0, 0.1) is 17.8 Å². The standard InChI is InChI=1S/C23H33NO9/c1-7-30-23(29)31-11-14(6)18(19(24)20(25)26)15-8-9-16(32-21(27)12(2)3)17(10-15)33-22(28)13(4)5/h8-10,12-14,18-19H,7,11,24H2,1-6H3,(H,25,26)/t14?,18?,19-/m0/s1. The first kappa shape index (κ1) is 27.9. The summed E-state index contributed by atoms with van der Waals surface area (Å²) in [4.78, 5) is 47.6. The molecule has 0 aliphatic carbocycles. The molecule has 184 valence electrons. The van der Waals surface area contributed by atoms with Crippen molar-refractivity contribution >= 4 is 24.1 Å². The van der Waals surface area contributed by atoms with E-state index in [-0.39, 0.29) is 24.7 Å². The van der Waals surface area contributed by atoms with Crippen LogP contribution in [0.5, 0.6) is 11.5 Å². The predicted octanol–water partition coefficient (Wildman–Crippen LogP) is 3.11. The second kappa shape index (κ2) is 12.8. The number of carboxylic acid groups (broad SMARTS) is 1. The van der Waals surface area contributed by atoms with Crippen molar-refractivity contribution in [3.63, 3.8) is 0 Å². The Kier molecular flexibility index (Phi) is 10.8. The fourth-order valence-electron chi connectivity index (χ4n) is 2.85. The molecule has 10 heteroatoms. The van der Waals surface area contributed by atoms with E-state index in [1.54, 1.807) is 41.5 Å². The average molecular weight is 468 g/mol. The number of ether oxygens (including phenoxy) is 4. The van der Waals surface area contributed by atoms with E-state index in [1.165, 1.54) is 18.2 Å². The lowest BCUT2D eigenvalue weighted by Crippen LogP contribution is -2.40. The van der Waals surface area contributed by atoms with Crippen LogP contribution >= 0.6 is 0 Å². The number of benzene rings is 1. The SMILES string of the molecule is CCOC(=O)OCC(C)C(c1ccc(OC(=O)C(C)C)c(OC(=O)C(C)C)c1)[C@H](N)C(=O)O. The van der Waals surface area contributed by atoms with Crippen LogP contribution in [0.25, 0.3) is 0 Å². The molecule has 0 saturated carbocycles. The topological polar surface area (TPSA) is 151 Å². The summed E-state index contributed by atoms with van der Waals surface area (Å²) in [5.74, 6) is -4.64. The fourth-order valence-corrected chi connectivity index (χ4v) is 2.85. The van der Waals surface area contributed by atoms with Crippen LogP contribution in [-0.2, 0) is 23.9 Å². The second-order valence-corrected chi connectivity index (χ2v) is 8.22. The third-order valence-corrected chi connectivity index (χ3v) is 4.73. The van der Waals surface area contributed by atoms with Gasteiger partial charge in [0.15, 0.2) is 11.5 Å². The normalized spacial score (nSPS) is 13.7. The third-order valence-electron chi connectivity index (χ3n) is 4.73. The Balaban J connectivity index is 3.37. The molecular weight excluding hydrogens is 434 g/mol. The molecule has 0 aliphatic heterocycles. The van der Waals surface area contributed by atoms with E-state index in [9.17, 15) is 24.3 Å². The summed E-state index contributed by atoms with van der Waals surface area (Å²) in [6.07, 6.45) is -0.880. The van der Waals surface area contributed by atoms with Gasteiger partial charge >= 0.3 is 24.1 Å². The third kappa shape index (κ3) is 8.38. The molecule has 0 fully saturated rings. The van der Waals surface area contributed by atoms with Gasteiger partial charge in [0.1, 0.15) is 6.04 Å². The minimum atomic E-state index is -1.36. The molecule has 2 unspecified atom stereocenters. The molecule has 0 aromatic heterocycles. The lowest BCUT2D eigenvalue weighted by molar-refractivity contribution is -0.140. The average Bonchev–Trinajstić information content (AvgIpc) is 2.73. The van der Waals surface area contributed by atoms with Crippen LogP contribution in [-0.4, -0.2) is 48.4 Å². The highest BCUT2D eigenvalue weighted by Crippen LogP contribution is 2.36. The van der Waals surface area contributed by atoms with E-state index in [1.807, 2.05) is 0 Å². The van der Waals surface area contributed by atoms with Gasteiger partial charge in [-0.15, -0.1) is 0 Å². The number of hydrogen-bond donors (Lipinski definition) is 2. The highest BCUT2D eigenvalue weighted by molar-refractivity contribution is 5.78. The van der Waals surface area contributed by atoms with Crippen LogP contribution in [0.4, 0.5) is 4.79 Å². The van der Waals surface area contributed by atoms with Gasteiger partial charge in [-0.1, -0.05) is 40.7 Å². The molecule has 0 bridgehead atoms. The minimum absolute atomic E-state index is 0.0181. The lowest BCUT2D eigenvalue weighted by atomic mass is 9.82. The molecule has 1 aromatic rings. The molecule has 0 aliphatic rings. The summed E-state index contributed by atoms with van der Waals surface area (Å²) < 4.78 is 20.5. The highest BCUT2D eigenvalue weighted by Gasteiger charge is 2.33. The monoisotopic (exact) mass is 467 g/mol. The van der Waals surface area contributed by atoms with Gasteiger partial charge in [0.2, 0.25) is 0 Å². The van der Waals surface area contributed by atoms with Crippen molar-refractivity contribution in [1.29, 1.82) is 0 Å². The lowest BCUT2D eigenvalue weighted by Gasteiger charge is -2.28. The number of nitrogens with two attached hydrogens (primary N) is 1. The fraction of sp³-hybridized carbons (Fsp3) is 0.565. The first-order valence-electron chi connectivity index (χ1n) is 10.7. The maximum absolute atomic E-state index is 12.2. The van der Waals surface area contributed by atoms with E-state index in [2.05, 4.69) is 0 Å². The molecule has 0 spiro atoms. The molecule has 3 atom stereocenters. The van der Waals surface area contributed by atoms with Crippen LogP contribution in [0.1, 0.15) is 53.0 Å². The number of carbonyl (C=O) groups is 4. The predicted molar refractivity (Wildman–Crippen MR) is 118 cm³/mol. The first-order chi connectivity index (χ1) is 15.4. The molecule has 0 amide bonds. The Bertz CT molecular complexity index is 850. The summed E-state index contributed by atoms with van der Waals surface area (Å²) in [6, 6.07) is 3.00. The van der Waals surface area contributed by atoms with Gasteiger partial charge in [-0.3, -0.25) is 14.4 Å². The smallest absolute Gasteiger partial charge is 0.480 e. The van der Waals surface area contributed by atoms with Gasteiger partial charge in [0.05, 0.1) is 25.0 Å². The van der Waals surface area contributed by atoms with E-state index in [0.29, 0.717) is 5.56 Å². The van der Waals surface area contributed by atoms with Crippen LogP contribution in [0.15, 0.2) is 18.2 Å². The number of carboxylic acids is 1. The Morgan fingerprint density at radius 2 is 1.45 bits per heavy atom. The van der Waals surface area contributed by atoms with Gasteiger partial charge in [-0.25, -0.2) is 4.79 Å². The summed E-state index contributed by atoms with van der Waals surface area (Å²) >= 11 is 0. The van der Waals surface area contributed by atoms with E-state index in [4.69, 9.17) is 24.7 Å². The van der Waals surface area contributed by atoms with Crippen molar-refractivity contribution in [2.75, 3.05) is 13.2 Å². The zero-order valence-corrected chi connectivity index (χ0v) is 19.8. The quantitative estimate of drug-likeness (QED) is 0.367. The zero-order chi connectivity index (χ0) is 25.3. The Morgan fingerprint density at radius 3 is 1.94 bits per heavy atom. The number of carbonyl (C=O) groups excluding carboxylic acids is 3. The molecule has 3 N–H and O–H groups in total. The molecule has 1 aromatic carbocycles. The van der Waals surface area contributed by atoms with Crippen molar-refractivity contribution < 1.29 is 43.2 Å². The van der Waals surface area contributed by atoms with Gasteiger partial charge in [0.25, 0.3) is 0 Å². The summed E-state index contributed by atoms with van der Waals surface area (Å²) in [5.41, 5.74) is 6.36. The molecule has 33 heavy (non-hydrogen) atoms. The van der Waals surface area contributed by atoms with E-state index >= 15 is 0 Å². The Morgan fingerprint density at radius 1 is 0.909 bits per heavy atom. The number of esters is 2. The molecule has 0 heterocycles. The Hall–Kier alpha value is -3.14. The van der Waals surface area contributed by atoms with Crippen molar-refractivity contribution in [3.8, 4) is 11.5 Å². The van der Waals surface area contributed by atoms with Gasteiger partial charge in [0, 0.05) is 5.92 Å². The van der Waals surface area contributed by atoms with Crippen LogP contribution < -0.4 is 15.2 Å². The number of rotatable bonds is 11. The van der Waals surface area contributed by atoms with Crippen LogP contribution in [0.3, 0.4) is 0 Å². The van der Waals surface area contributed by atoms with Gasteiger partial charge in [-0.2, -0.15) is 0 Å². The number of aliphatic carboxylic acids is 1. The number of hydrogen-bond acceptors (Lipinski definition) is 9. The molecule has 10 nitrogen and oxygen atoms in total. The highest BCUT2D eigenvalue weighted by atomic mass is 16.7. The molecule has 0 saturated heterocycles. The van der Waals surface area contributed by atoms with Crippen LogP contribution in [0.2, 0.25) is 0 Å². The van der Waals surface area contributed by atoms with E-state index in [0.717, 1.165) is 0 Å². The zero-order valence-electron chi connectivity index (χ0n) is 19.8. The minimum Gasteiger partial charge on any atom is -0.480 e. The molecule has 1 rings (SSSR count). The van der Waals surface area contributed by atoms with Gasteiger partial charge in [-0.05, 0) is 30.5 Å². The van der Waals surface area contributed by atoms with Crippen molar-refractivity contribution in [2.45, 2.75) is 53.5 Å². The summed E-state index contributed by atoms with van der Waals surface area (Å²) in [5, 5.41) is 9.53.